The maximum atomic E-state index is 10.6. The number of aryl methyl sites for hydroxylation is 4. The summed E-state index contributed by atoms with van der Waals surface area (Å²) in [6.45, 7) is 34.5. The molecule has 2 aromatic heterocycles. The zero-order chi connectivity index (χ0) is 54.0. The van der Waals surface area contributed by atoms with Crippen LogP contribution in [0.1, 0.15) is 81.9 Å². The quantitative estimate of drug-likeness (QED) is 0.149. The number of halogens is 2. The van der Waals surface area contributed by atoms with Gasteiger partial charge in [0.05, 0.1) is 55.9 Å². The van der Waals surface area contributed by atoms with Crippen LogP contribution in [0.2, 0.25) is 0 Å². The van der Waals surface area contributed by atoms with Crippen molar-refractivity contribution in [1.29, 1.82) is 0 Å². The molecule has 5 aromatic carbocycles. The van der Waals surface area contributed by atoms with E-state index in [1.807, 2.05) is 97.2 Å². The minimum Gasteiger partial charge on any atom is -0.665 e. The topological polar surface area (TPSA) is 62.3 Å². The van der Waals surface area contributed by atoms with Crippen molar-refractivity contribution in [1.82, 2.24) is 9.97 Å². The molecule has 1 aliphatic carbocycles. The normalized spacial score (nSPS) is 10.8. The Morgan fingerprint density at radius 1 is 0.378 bits per heavy atom. The average Bonchev–Trinajstić information content (AvgIpc) is 4.09. The first-order valence-corrected chi connectivity index (χ1v) is 37.8. The van der Waals surface area contributed by atoms with E-state index < -0.39 is 36.1 Å². The smallest absolute Gasteiger partial charge is 0.0908 e. The molecule has 74 heavy (non-hydrogen) atoms. The number of rotatable bonds is 7. The van der Waals surface area contributed by atoms with E-state index in [-0.39, 0.29) is 59.4 Å². The van der Waals surface area contributed by atoms with Gasteiger partial charge in [0, 0.05) is 23.8 Å². The number of hydrogen-bond donors (Lipinski definition) is 0. The molecule has 0 radical (unpaired) electrons. The standard InChI is InChI=1S/2C10H12.3C8H11P.C7H10.2C6H8N.2ClH.2O.2W/c2*1-10(2,3)9-7-5-4-6-8-9;3*1-9(2)8-6-4-3-5-7-8;1-6-3-4-7(2)5-6;2*1-5-3-4-6(2)7-5;;;;;;/h2*1,4-8H,2-3H3;3*3-7H,1-2H3;3-4H,5H2,1-2H3;2*3-4H,1-2H3;2*1H;;;;/q;;;;;;2*-1;;;;;;/p+3. The molecule has 0 fully saturated rings. The minimum atomic E-state index is -1.43. The molecule has 0 saturated heterocycles. The van der Waals surface area contributed by atoms with Crippen molar-refractivity contribution in [2.75, 3.05) is 40.0 Å². The molecule has 0 atom stereocenters. The molecule has 0 bridgehead atoms. The van der Waals surface area contributed by atoms with Gasteiger partial charge in [-0.2, -0.15) is 22.8 Å². The Labute approximate surface area is 481 Å². The molecule has 0 aliphatic heterocycles. The van der Waals surface area contributed by atoms with E-state index in [4.69, 9.17) is 0 Å². The Morgan fingerprint density at radius 2 is 0.595 bits per heavy atom. The van der Waals surface area contributed by atoms with Crippen LogP contribution in [0, 0.1) is 27.7 Å². The molecule has 4 nitrogen and oxygen atoms in total. The summed E-state index contributed by atoms with van der Waals surface area (Å²) in [4.78, 5) is 8.22. The number of allylic oxidation sites excluding steroid dienone is 4. The maximum absolute atomic E-state index is 10.6. The third kappa shape index (κ3) is 34.4. The third-order valence-electron chi connectivity index (χ3n) is 10.8. The van der Waals surface area contributed by atoms with Gasteiger partial charge in [-0.3, -0.25) is 0 Å². The number of hydrogen-bond acceptors (Lipinski definition) is 2. The van der Waals surface area contributed by atoms with Gasteiger partial charge in [-0.25, -0.2) is 0 Å². The van der Waals surface area contributed by atoms with E-state index in [1.165, 1.54) is 44.6 Å². The van der Waals surface area contributed by atoms with Gasteiger partial charge >= 0.3 is 162 Å². The fraction of sp³-hybridized carbons (Fsp3) is 0.302. The van der Waals surface area contributed by atoms with Crippen molar-refractivity contribution >= 4 is 73.3 Å². The fourth-order valence-corrected chi connectivity index (χ4v) is 11.7. The minimum absolute atomic E-state index is 0. The van der Waals surface area contributed by atoms with E-state index in [0.717, 1.165) is 22.8 Å². The van der Waals surface area contributed by atoms with Gasteiger partial charge in [0.25, 0.3) is 0 Å². The predicted molar refractivity (Wildman–Crippen MR) is 336 cm³/mol. The largest absolute Gasteiger partial charge is 0.665 e. The van der Waals surface area contributed by atoms with E-state index in [9.17, 15) is 6.80 Å². The Hall–Kier alpha value is -3.27. The second kappa shape index (κ2) is 41.8. The van der Waals surface area contributed by atoms with Crippen LogP contribution in [0.5, 0.6) is 0 Å². The third-order valence-corrected chi connectivity index (χ3v) is 20.2. The first-order chi connectivity index (χ1) is 34.1. The van der Waals surface area contributed by atoms with Crippen LogP contribution in [0.25, 0.3) is 0 Å². The number of nitrogens with zero attached hydrogens (tertiary/aromatic N) is 2. The molecule has 0 saturated carbocycles. The van der Waals surface area contributed by atoms with Crippen LogP contribution in [-0.4, -0.2) is 48.8 Å². The van der Waals surface area contributed by atoms with Gasteiger partial charge < -0.3 is 9.97 Å². The molecule has 1 aliphatic rings. The van der Waals surface area contributed by atoms with Crippen molar-refractivity contribution in [2.24, 2.45) is 0 Å². The molecule has 8 rings (SSSR count). The van der Waals surface area contributed by atoms with Crippen LogP contribution < -0.4 is 25.9 Å². The van der Waals surface area contributed by atoms with E-state index >= 15 is 0 Å². The number of aromatic nitrogens is 2. The van der Waals surface area contributed by atoms with Gasteiger partial charge in [-0.05, 0) is 56.7 Å². The molecule has 0 amide bonds. The average molecular weight is 1440 g/mol. The molecule has 11 heteroatoms. The Kier molecular flexibility index (Phi) is 41.2. The molecule has 0 spiro atoms. The van der Waals surface area contributed by atoms with E-state index in [1.54, 1.807) is 0 Å². The SMILES string of the molecule is CC(C)([CH]=[W]=[O])c1ccccc1.CC(C)([CH]=[W]=[O])c1ccccc1.CC1=CC=C(C)C1.C[PH+](C)c1ccccc1.C[PH+](C)c1ccccc1.C[PH+](C)c1ccccc1.Cc1ccc(C)[n-]1.Cc1ccc(C)[n-]1.Cl.Cl. The van der Waals surface area contributed by atoms with Crippen LogP contribution in [-0.2, 0) is 53.8 Å². The summed E-state index contributed by atoms with van der Waals surface area (Å²) in [6, 6.07) is 60.4. The van der Waals surface area contributed by atoms with E-state index in [0.29, 0.717) is 0 Å². The summed E-state index contributed by atoms with van der Waals surface area (Å²) >= 11 is -2.85. The second-order valence-corrected chi connectivity index (χ2v) is 30.2. The van der Waals surface area contributed by atoms with Crippen LogP contribution in [0.15, 0.2) is 199 Å². The summed E-state index contributed by atoms with van der Waals surface area (Å²) in [6.07, 6.45) is 5.55. The fourth-order valence-electron chi connectivity index (χ4n) is 6.46. The summed E-state index contributed by atoms with van der Waals surface area (Å²) in [5.41, 5.74) is 9.84. The summed E-state index contributed by atoms with van der Waals surface area (Å²) in [5.74, 6) is 0. The summed E-state index contributed by atoms with van der Waals surface area (Å²) in [7, 11) is -0.637. The zero-order valence-electron chi connectivity index (χ0n) is 47.1. The summed E-state index contributed by atoms with van der Waals surface area (Å²) < 4.78 is 25.2. The Morgan fingerprint density at radius 3 is 0.730 bits per heavy atom. The molecule has 7 aromatic rings. The van der Waals surface area contributed by atoms with E-state index in [2.05, 4.69) is 219 Å². The summed E-state index contributed by atoms with van der Waals surface area (Å²) in [5, 5.41) is 4.55. The first-order valence-electron chi connectivity index (χ1n) is 24.5. The van der Waals surface area contributed by atoms with Crippen LogP contribution in [0.3, 0.4) is 0 Å². The molecule has 2 heterocycles. The second-order valence-electron chi connectivity index (χ2n) is 19.4. The monoisotopic (exact) mass is 1440 g/mol. The van der Waals surface area contributed by atoms with Crippen molar-refractivity contribution in [3.63, 3.8) is 0 Å². The number of benzene rings is 5. The Balaban J connectivity index is 0. The molecule has 402 valence electrons. The van der Waals surface area contributed by atoms with Gasteiger partial charge in [0.2, 0.25) is 0 Å². The van der Waals surface area contributed by atoms with Gasteiger partial charge in [0.15, 0.2) is 0 Å². The maximum Gasteiger partial charge on any atom is 0.0908 e. The van der Waals surface area contributed by atoms with Crippen LogP contribution in [0.4, 0.5) is 0 Å². The molecule has 0 N–H and O–H groups in total. The van der Waals surface area contributed by atoms with Crippen LogP contribution >= 0.6 is 48.6 Å². The van der Waals surface area contributed by atoms with Crippen molar-refractivity contribution in [3.8, 4) is 0 Å². The first kappa shape index (κ1) is 72.8. The van der Waals surface area contributed by atoms with Gasteiger partial charge in [0.1, 0.15) is 0 Å². The predicted octanol–water partition coefficient (Wildman–Crippen LogP) is 15.4. The molecular weight excluding hydrogens is 1350 g/mol. The van der Waals surface area contributed by atoms with Crippen molar-refractivity contribution in [3.05, 3.63) is 233 Å². The van der Waals surface area contributed by atoms with Crippen molar-refractivity contribution in [2.45, 2.75) is 86.5 Å². The van der Waals surface area contributed by atoms with Gasteiger partial charge in [-0.1, -0.05) is 130 Å². The zero-order valence-corrected chi connectivity index (χ0v) is 57.6. The molecule has 0 unspecified atom stereocenters. The Bertz CT molecular complexity index is 2400. The van der Waals surface area contributed by atoms with Crippen molar-refractivity contribution < 1.29 is 42.9 Å². The van der Waals surface area contributed by atoms with Gasteiger partial charge in [-0.15, -0.1) is 24.8 Å². The molecular formula is C63H88Cl2N2O2P3W2+.